The van der Waals surface area contributed by atoms with Crippen LogP contribution in [0.3, 0.4) is 0 Å². The molecule has 82 valence electrons. The molecule has 0 saturated carbocycles. The fourth-order valence-electron chi connectivity index (χ4n) is 1.10. The third-order valence-electron chi connectivity index (χ3n) is 1.84. The van der Waals surface area contributed by atoms with Gasteiger partial charge in [0.05, 0.1) is 0 Å². The van der Waals surface area contributed by atoms with Gasteiger partial charge in [-0.15, -0.1) is 0 Å². The normalized spacial score (nSPS) is 12.6. The molecule has 17 heavy (non-hydrogen) atoms. The van der Waals surface area contributed by atoms with Gasteiger partial charge in [0.1, 0.15) is 11.5 Å². The number of aryl methyl sites for hydroxylation is 2. The fraction of sp³-hybridized carbons (Fsp3) is 0.222. The largest absolute Gasteiger partial charge is 1.00 e. The number of carbonyl (C=O) groups excluding carboxylic acids is 1. The molecule has 1 aromatic carbocycles. The zero-order valence-corrected chi connectivity index (χ0v) is 15.1. The Bertz CT molecular complexity index is 429. The average Bonchev–Trinajstić information content (AvgIpc) is 2.11. The van der Waals surface area contributed by atoms with Gasteiger partial charge in [-0.05, 0) is 25.0 Å². The van der Waals surface area contributed by atoms with Gasteiger partial charge in [0.2, 0.25) is 7.60 Å². The Kier molecular flexibility index (Phi) is 9.38. The number of para-hydroxylation sites is 1. The van der Waals surface area contributed by atoms with Crippen LogP contribution in [0.25, 0.3) is 0 Å². The van der Waals surface area contributed by atoms with Crippen molar-refractivity contribution in [3.63, 3.8) is 0 Å². The number of hydrogen-bond donors (Lipinski definition) is 0. The second kappa shape index (κ2) is 7.97. The predicted octanol–water partition coefficient (Wildman–Crippen LogP) is -5.41. The van der Waals surface area contributed by atoms with Crippen molar-refractivity contribution in [2.24, 2.45) is 0 Å². The Morgan fingerprint density at radius 1 is 1.24 bits per heavy atom. The maximum Gasteiger partial charge on any atom is 1.00 e. The molecule has 5 nitrogen and oxygen atoms in total. The fourth-order valence-corrected chi connectivity index (χ4v) is 1.70. The molecule has 1 aromatic rings. The molecular weight excluding hydrogens is 265 g/mol. The third kappa shape index (κ3) is 5.45. The molecule has 0 spiro atoms. The minimum Gasteiger partial charge on any atom is -0.765 e. The van der Waals surface area contributed by atoms with Crippen molar-refractivity contribution >= 4 is 13.3 Å². The zero-order chi connectivity index (χ0) is 11.6. The van der Waals surface area contributed by atoms with Crippen molar-refractivity contribution in [3.8, 4) is 5.75 Å². The minimum atomic E-state index is -4.98. The second-order valence-electron chi connectivity index (χ2n) is 3.08. The van der Waals surface area contributed by atoms with Crippen LogP contribution in [0.1, 0.15) is 11.1 Å². The van der Waals surface area contributed by atoms with Gasteiger partial charge in [-0.2, -0.15) is 0 Å². The van der Waals surface area contributed by atoms with E-state index in [0.717, 1.165) is 0 Å². The molecule has 1 rings (SSSR count). The Labute approximate surface area is 144 Å². The molecule has 8 heteroatoms. The Balaban J connectivity index is 0. The van der Waals surface area contributed by atoms with E-state index in [1.54, 1.807) is 32.0 Å². The molecule has 0 aliphatic carbocycles. The van der Waals surface area contributed by atoms with Gasteiger partial charge in [-0.1, -0.05) is 18.2 Å². The van der Waals surface area contributed by atoms with Gasteiger partial charge in [0.15, 0.2) is 0 Å². The average molecular weight is 274 g/mol. The van der Waals surface area contributed by atoms with E-state index in [1.165, 1.54) is 0 Å². The van der Waals surface area contributed by atoms with Gasteiger partial charge in [0, 0.05) is 0 Å². The summed E-state index contributed by atoms with van der Waals surface area (Å²) in [6.45, 7) is 3.25. The van der Waals surface area contributed by atoms with Crippen molar-refractivity contribution in [3.05, 3.63) is 29.3 Å². The van der Waals surface area contributed by atoms with Crippen LogP contribution in [-0.2, 0) is 4.57 Å². The van der Waals surface area contributed by atoms with E-state index in [-0.39, 0.29) is 64.9 Å². The van der Waals surface area contributed by atoms with Crippen molar-refractivity contribution in [2.45, 2.75) is 13.8 Å². The summed E-state index contributed by atoms with van der Waals surface area (Å²) in [5, 5.41) is 10.2. The summed E-state index contributed by atoms with van der Waals surface area (Å²) in [7, 11) is -4.98. The standard InChI is InChI=1S/C9H11O5P.2Na/c1-6-4-3-5-7(2)8(6)14-15(12,13)9(10)11;;/h3-5H,1-2H3,(H,10,11)(H,12,13);;/q;2*+1/p-2. The van der Waals surface area contributed by atoms with Crippen LogP contribution in [-0.4, -0.2) is 5.71 Å². The SMILES string of the molecule is Cc1cccc(C)c1OP(=O)([O-])C(=O)[O-].[Na+].[Na+]. The van der Waals surface area contributed by atoms with Crippen LogP contribution < -0.4 is 73.6 Å². The van der Waals surface area contributed by atoms with Crippen LogP contribution in [0.4, 0.5) is 4.79 Å². The van der Waals surface area contributed by atoms with Gasteiger partial charge in [0.25, 0.3) is 0 Å². The Morgan fingerprint density at radius 2 is 1.65 bits per heavy atom. The quantitative estimate of drug-likeness (QED) is 0.405. The first-order valence-electron chi connectivity index (χ1n) is 4.13. The third-order valence-corrected chi connectivity index (χ3v) is 2.71. The van der Waals surface area contributed by atoms with Gasteiger partial charge >= 0.3 is 59.1 Å². The van der Waals surface area contributed by atoms with E-state index in [1.807, 2.05) is 0 Å². The van der Waals surface area contributed by atoms with Crippen LogP contribution in [0.2, 0.25) is 0 Å². The molecule has 0 N–H and O–H groups in total. The summed E-state index contributed by atoms with van der Waals surface area (Å²) in [5.74, 6) is 0.0417. The zero-order valence-electron chi connectivity index (χ0n) is 10.2. The van der Waals surface area contributed by atoms with Crippen LogP contribution >= 0.6 is 7.60 Å². The first-order chi connectivity index (χ1) is 6.84. The minimum absolute atomic E-state index is 0. The van der Waals surface area contributed by atoms with E-state index in [9.17, 15) is 19.4 Å². The molecule has 0 amide bonds. The number of carbonyl (C=O) groups is 1. The first-order valence-corrected chi connectivity index (χ1v) is 5.67. The first kappa shape index (κ1) is 20.0. The van der Waals surface area contributed by atoms with Crippen LogP contribution in [0.5, 0.6) is 5.75 Å². The summed E-state index contributed by atoms with van der Waals surface area (Å²) in [6, 6.07) is 4.96. The molecule has 0 aliphatic heterocycles. The molecule has 1 atom stereocenters. The van der Waals surface area contributed by atoms with Crippen molar-refractivity contribution in [1.29, 1.82) is 0 Å². The van der Waals surface area contributed by atoms with Crippen LogP contribution in [0, 0.1) is 13.8 Å². The van der Waals surface area contributed by atoms with E-state index in [2.05, 4.69) is 4.52 Å². The van der Waals surface area contributed by atoms with E-state index in [4.69, 9.17) is 0 Å². The number of hydrogen-bond acceptors (Lipinski definition) is 5. The predicted molar refractivity (Wildman–Crippen MR) is 49.5 cm³/mol. The molecule has 1 unspecified atom stereocenters. The Morgan fingerprint density at radius 3 is 2.00 bits per heavy atom. The monoisotopic (exact) mass is 274 g/mol. The number of carboxylic acid groups (broad SMARTS) is 1. The smallest absolute Gasteiger partial charge is 0.765 e. The molecule has 0 bridgehead atoms. The van der Waals surface area contributed by atoms with Crippen molar-refractivity contribution in [2.75, 3.05) is 0 Å². The Hall–Kier alpha value is 0.680. The number of benzene rings is 1. The molecular formula is C9H9Na2O5P. The summed E-state index contributed by atoms with van der Waals surface area (Å²) >= 11 is 0. The van der Waals surface area contributed by atoms with Gasteiger partial charge in [-0.25, -0.2) is 0 Å². The molecule has 0 heterocycles. The van der Waals surface area contributed by atoms with E-state index >= 15 is 0 Å². The van der Waals surface area contributed by atoms with Gasteiger partial charge < -0.3 is 19.3 Å². The topological polar surface area (TPSA) is 89.5 Å². The number of rotatable bonds is 3. The van der Waals surface area contributed by atoms with Crippen molar-refractivity contribution < 1.29 is 83.0 Å². The van der Waals surface area contributed by atoms with Crippen LogP contribution in [0.15, 0.2) is 18.2 Å². The summed E-state index contributed by atoms with van der Waals surface area (Å²) in [4.78, 5) is 21.2. The van der Waals surface area contributed by atoms with E-state index < -0.39 is 13.3 Å². The second-order valence-corrected chi connectivity index (χ2v) is 4.62. The van der Waals surface area contributed by atoms with Crippen molar-refractivity contribution in [1.82, 2.24) is 0 Å². The molecule has 0 aliphatic rings. The summed E-state index contributed by atoms with van der Waals surface area (Å²) in [5.41, 5.74) is -1.12. The summed E-state index contributed by atoms with van der Waals surface area (Å²) < 4.78 is 15.4. The molecule has 0 saturated heterocycles. The molecule has 0 radical (unpaired) electrons. The maximum atomic E-state index is 10.9. The molecule has 0 aromatic heterocycles. The molecule has 0 fully saturated rings. The van der Waals surface area contributed by atoms with Gasteiger partial charge in [-0.3, -0.25) is 4.57 Å². The maximum absolute atomic E-state index is 10.9. The van der Waals surface area contributed by atoms with E-state index in [0.29, 0.717) is 11.1 Å². The summed E-state index contributed by atoms with van der Waals surface area (Å²) in [6.07, 6.45) is 0.